The molecule has 7 heteroatoms. The van der Waals surface area contributed by atoms with Gasteiger partial charge in [-0.2, -0.15) is 0 Å². The van der Waals surface area contributed by atoms with Gasteiger partial charge in [0.05, 0.1) is 23.7 Å². The average molecular weight is 313 g/mol. The van der Waals surface area contributed by atoms with Crippen LogP contribution in [-0.4, -0.2) is 50.6 Å². The van der Waals surface area contributed by atoms with Gasteiger partial charge >= 0.3 is 5.97 Å². The number of methoxy groups -OCH3 is 1. The number of esters is 1. The Bertz CT molecular complexity index is 622. The van der Waals surface area contributed by atoms with Crippen LogP contribution in [0.3, 0.4) is 0 Å². The van der Waals surface area contributed by atoms with E-state index in [9.17, 15) is 18.3 Å². The first-order valence-electron chi connectivity index (χ1n) is 6.68. The van der Waals surface area contributed by atoms with Crippen LogP contribution in [0.15, 0.2) is 29.2 Å². The second-order valence-corrected chi connectivity index (χ2v) is 7.28. The van der Waals surface area contributed by atoms with Crippen LogP contribution in [0.5, 0.6) is 0 Å². The van der Waals surface area contributed by atoms with E-state index in [2.05, 4.69) is 4.74 Å². The highest BCUT2D eigenvalue weighted by Gasteiger charge is 2.33. The lowest BCUT2D eigenvalue weighted by Gasteiger charge is -2.34. The summed E-state index contributed by atoms with van der Waals surface area (Å²) in [7, 11) is -1.07. The van der Waals surface area contributed by atoms with Crippen molar-refractivity contribution in [1.29, 1.82) is 0 Å². The highest BCUT2D eigenvalue weighted by atomic mass is 32.2. The maximum atomic E-state index is 12.6. The molecule has 1 aliphatic carbocycles. The summed E-state index contributed by atoms with van der Waals surface area (Å²) < 4.78 is 31.0. The lowest BCUT2D eigenvalue weighted by atomic mass is 9.82. The Hall–Kier alpha value is -1.44. The van der Waals surface area contributed by atoms with E-state index in [0.717, 1.165) is 0 Å². The Kier molecular flexibility index (Phi) is 4.65. The quantitative estimate of drug-likeness (QED) is 0.815. The molecule has 0 aromatic heterocycles. The second kappa shape index (κ2) is 6.13. The van der Waals surface area contributed by atoms with Crippen molar-refractivity contribution in [2.24, 2.45) is 5.92 Å². The molecule has 1 aromatic rings. The van der Waals surface area contributed by atoms with Gasteiger partial charge in [0, 0.05) is 13.6 Å². The van der Waals surface area contributed by atoms with E-state index in [1.807, 2.05) is 0 Å². The fourth-order valence-electron chi connectivity index (χ4n) is 2.45. The molecule has 6 nitrogen and oxygen atoms in total. The van der Waals surface area contributed by atoms with Crippen LogP contribution in [0.25, 0.3) is 0 Å². The predicted molar refractivity (Wildman–Crippen MR) is 76.3 cm³/mol. The fraction of sp³-hybridized carbons (Fsp3) is 0.500. The number of carbonyl (C=O) groups is 1. The first-order chi connectivity index (χ1) is 9.86. The van der Waals surface area contributed by atoms with E-state index >= 15 is 0 Å². The van der Waals surface area contributed by atoms with E-state index in [4.69, 9.17) is 0 Å². The average Bonchev–Trinajstić information content (AvgIpc) is 2.44. The summed E-state index contributed by atoms with van der Waals surface area (Å²) in [5.74, 6) is -0.522. The molecular weight excluding hydrogens is 294 g/mol. The van der Waals surface area contributed by atoms with Gasteiger partial charge in [0.2, 0.25) is 10.0 Å². The second-order valence-electron chi connectivity index (χ2n) is 5.26. The summed E-state index contributed by atoms with van der Waals surface area (Å²) in [4.78, 5) is 11.6. The van der Waals surface area contributed by atoms with Crippen LogP contribution < -0.4 is 0 Å². The number of aliphatic hydroxyl groups excluding tert-OH is 1. The number of rotatable bonds is 5. The molecule has 0 radical (unpaired) electrons. The maximum Gasteiger partial charge on any atom is 0.339 e. The van der Waals surface area contributed by atoms with Crippen LogP contribution in [0.1, 0.15) is 23.2 Å². The van der Waals surface area contributed by atoms with Crippen LogP contribution in [-0.2, 0) is 14.8 Å². The van der Waals surface area contributed by atoms with Gasteiger partial charge < -0.3 is 9.84 Å². The highest BCUT2D eigenvalue weighted by Crippen LogP contribution is 2.29. The topological polar surface area (TPSA) is 83.9 Å². The van der Waals surface area contributed by atoms with Crippen LogP contribution >= 0.6 is 0 Å². The first kappa shape index (κ1) is 15.9. The summed E-state index contributed by atoms with van der Waals surface area (Å²) in [6.45, 7) is 0.328. The fourth-order valence-corrected chi connectivity index (χ4v) is 3.87. The van der Waals surface area contributed by atoms with E-state index in [1.54, 1.807) is 12.1 Å². The largest absolute Gasteiger partial charge is 0.465 e. The zero-order valence-corrected chi connectivity index (χ0v) is 12.8. The standard InChI is InChI=1S/C14H19NO5S/c1-15(9-10-7-11(16)8-10)21(18,19)13-6-4-3-5-12(13)14(17)20-2/h3-6,10-11,16H,7-9H2,1-2H3. The van der Waals surface area contributed by atoms with Crippen LogP contribution in [0.2, 0.25) is 0 Å². The minimum Gasteiger partial charge on any atom is -0.465 e. The molecule has 0 spiro atoms. The van der Waals surface area contributed by atoms with Crippen molar-refractivity contribution in [3.8, 4) is 0 Å². The summed E-state index contributed by atoms with van der Waals surface area (Å²) in [6.07, 6.45) is 0.894. The lowest BCUT2D eigenvalue weighted by molar-refractivity contribution is 0.0367. The van der Waals surface area contributed by atoms with Crippen molar-refractivity contribution in [3.05, 3.63) is 29.8 Å². The van der Waals surface area contributed by atoms with Gasteiger partial charge in [0.1, 0.15) is 0 Å². The molecule has 1 fully saturated rings. The van der Waals surface area contributed by atoms with Crippen LogP contribution in [0, 0.1) is 5.92 Å². The van der Waals surface area contributed by atoms with Crippen LogP contribution in [0.4, 0.5) is 0 Å². The van der Waals surface area contributed by atoms with Crippen molar-refractivity contribution in [2.45, 2.75) is 23.8 Å². The number of benzene rings is 1. The predicted octanol–water partition coefficient (Wildman–Crippen LogP) is 0.865. The zero-order chi connectivity index (χ0) is 15.6. The molecular formula is C14H19NO5S. The molecule has 0 aliphatic heterocycles. The first-order valence-corrected chi connectivity index (χ1v) is 8.12. The number of aliphatic hydroxyl groups is 1. The Morgan fingerprint density at radius 3 is 2.57 bits per heavy atom. The third-order valence-electron chi connectivity index (χ3n) is 3.71. The van der Waals surface area contributed by atoms with Crippen molar-refractivity contribution >= 4 is 16.0 Å². The van der Waals surface area contributed by atoms with Gasteiger partial charge in [-0.15, -0.1) is 0 Å². The Balaban J connectivity index is 2.24. The number of hydrogen-bond acceptors (Lipinski definition) is 5. The van der Waals surface area contributed by atoms with Gasteiger partial charge in [-0.1, -0.05) is 12.1 Å². The third kappa shape index (κ3) is 3.25. The molecule has 0 heterocycles. The van der Waals surface area contributed by atoms with E-state index in [0.29, 0.717) is 19.4 Å². The number of nitrogens with zero attached hydrogens (tertiary/aromatic N) is 1. The Morgan fingerprint density at radius 2 is 2.00 bits per heavy atom. The zero-order valence-electron chi connectivity index (χ0n) is 12.0. The molecule has 21 heavy (non-hydrogen) atoms. The summed E-state index contributed by atoms with van der Waals surface area (Å²) in [6, 6.07) is 5.99. The SMILES string of the molecule is COC(=O)c1ccccc1S(=O)(=O)N(C)CC1CC(O)C1. The molecule has 1 aliphatic rings. The van der Waals surface area contributed by atoms with Gasteiger partial charge in [-0.05, 0) is 30.9 Å². The van der Waals surface area contributed by atoms with Crippen molar-refractivity contribution in [2.75, 3.05) is 20.7 Å². The van der Waals surface area contributed by atoms with Crippen molar-refractivity contribution in [3.63, 3.8) is 0 Å². The van der Waals surface area contributed by atoms with Gasteiger partial charge in [0.15, 0.2) is 0 Å². The molecule has 1 aromatic carbocycles. The summed E-state index contributed by atoms with van der Waals surface area (Å²) in [5, 5.41) is 9.27. The third-order valence-corrected chi connectivity index (χ3v) is 5.59. The van der Waals surface area contributed by atoms with Gasteiger partial charge in [-0.25, -0.2) is 17.5 Å². The minimum atomic E-state index is -3.76. The Morgan fingerprint density at radius 1 is 1.38 bits per heavy atom. The smallest absolute Gasteiger partial charge is 0.339 e. The molecule has 1 N–H and O–H groups in total. The van der Waals surface area contributed by atoms with E-state index in [-0.39, 0.29) is 22.5 Å². The van der Waals surface area contributed by atoms with Gasteiger partial charge in [-0.3, -0.25) is 0 Å². The molecule has 0 bridgehead atoms. The Labute approximate surface area is 124 Å². The van der Waals surface area contributed by atoms with Crippen molar-refractivity contribution in [1.82, 2.24) is 4.31 Å². The van der Waals surface area contributed by atoms with E-state index in [1.165, 1.54) is 30.6 Å². The molecule has 0 amide bonds. The molecule has 0 unspecified atom stereocenters. The number of ether oxygens (including phenoxy) is 1. The highest BCUT2D eigenvalue weighted by molar-refractivity contribution is 7.89. The normalized spacial score (nSPS) is 21.9. The summed E-state index contributed by atoms with van der Waals surface area (Å²) in [5.41, 5.74) is 0.0282. The lowest BCUT2D eigenvalue weighted by Crippen LogP contribution is -2.39. The minimum absolute atomic E-state index is 0.0282. The van der Waals surface area contributed by atoms with Crippen molar-refractivity contribution < 1.29 is 23.1 Å². The molecule has 0 atom stereocenters. The van der Waals surface area contributed by atoms with E-state index < -0.39 is 16.0 Å². The number of carbonyl (C=O) groups excluding carboxylic acids is 1. The summed E-state index contributed by atoms with van der Waals surface area (Å²) >= 11 is 0. The van der Waals surface area contributed by atoms with Gasteiger partial charge in [0.25, 0.3) is 0 Å². The molecule has 116 valence electrons. The number of hydrogen-bond donors (Lipinski definition) is 1. The monoisotopic (exact) mass is 313 g/mol. The number of sulfonamides is 1. The molecule has 2 rings (SSSR count). The molecule has 1 saturated carbocycles. The molecule has 0 saturated heterocycles. The maximum absolute atomic E-state index is 12.6.